The van der Waals surface area contributed by atoms with Crippen molar-refractivity contribution in [3.63, 3.8) is 0 Å². The maximum atomic E-state index is 10.9. The average Bonchev–Trinajstić information content (AvgIpc) is 3.04. The van der Waals surface area contributed by atoms with E-state index in [2.05, 4.69) is 25.4 Å². The Balaban J connectivity index is 1.77. The molecule has 7 nitrogen and oxygen atoms in total. The molecule has 7 heteroatoms. The number of nitrogens with one attached hydrogen (secondary N) is 1. The first-order chi connectivity index (χ1) is 10.7. The van der Waals surface area contributed by atoms with Crippen molar-refractivity contribution in [2.75, 3.05) is 0 Å². The molecule has 3 aromatic rings. The fourth-order valence-electron chi connectivity index (χ4n) is 1.84. The summed E-state index contributed by atoms with van der Waals surface area (Å²) in [6.07, 6.45) is 3.24. The van der Waals surface area contributed by atoms with E-state index in [0.29, 0.717) is 24.1 Å². The molecule has 0 aliphatic heterocycles. The van der Waals surface area contributed by atoms with Crippen LogP contribution in [0.3, 0.4) is 0 Å². The first-order valence-corrected chi connectivity index (χ1v) is 6.67. The topological polar surface area (TPSA) is 93.8 Å². The Morgan fingerprint density at radius 2 is 1.86 bits per heavy atom. The predicted molar refractivity (Wildman–Crippen MR) is 78.3 cm³/mol. The SMILES string of the molecule is CC(=O)NCc1ccc(-c2nc(-c3ncccn3)no2)cc1. The number of benzene rings is 1. The second kappa shape index (κ2) is 6.13. The largest absolute Gasteiger partial charge is 0.352 e. The maximum absolute atomic E-state index is 10.9. The van der Waals surface area contributed by atoms with E-state index in [1.165, 1.54) is 6.92 Å². The molecule has 2 aromatic heterocycles. The number of hydrogen-bond acceptors (Lipinski definition) is 6. The molecule has 0 aliphatic carbocycles. The number of nitrogens with zero attached hydrogens (tertiary/aromatic N) is 4. The van der Waals surface area contributed by atoms with E-state index in [1.807, 2.05) is 24.3 Å². The molecule has 0 aliphatic rings. The van der Waals surface area contributed by atoms with Crippen LogP contribution in [0.25, 0.3) is 23.1 Å². The molecule has 1 aromatic carbocycles. The molecule has 2 heterocycles. The standard InChI is InChI=1S/C15H13N5O2/c1-10(21)18-9-11-3-5-12(6-4-11)15-19-14(20-22-15)13-16-7-2-8-17-13/h2-8H,9H2,1H3,(H,18,21). The minimum absolute atomic E-state index is 0.0616. The lowest BCUT2D eigenvalue weighted by Gasteiger charge is -2.02. The highest BCUT2D eigenvalue weighted by molar-refractivity contribution is 5.72. The van der Waals surface area contributed by atoms with Crippen molar-refractivity contribution in [3.8, 4) is 23.1 Å². The normalized spacial score (nSPS) is 10.4. The Labute approximate surface area is 126 Å². The Morgan fingerprint density at radius 1 is 1.14 bits per heavy atom. The molecule has 0 fully saturated rings. The number of rotatable bonds is 4. The maximum Gasteiger partial charge on any atom is 0.258 e. The van der Waals surface area contributed by atoms with Crippen molar-refractivity contribution < 1.29 is 9.32 Å². The average molecular weight is 295 g/mol. The van der Waals surface area contributed by atoms with Gasteiger partial charge in [0.25, 0.3) is 5.89 Å². The molecule has 0 spiro atoms. The van der Waals surface area contributed by atoms with Crippen molar-refractivity contribution in [1.29, 1.82) is 0 Å². The summed E-state index contributed by atoms with van der Waals surface area (Å²) < 4.78 is 5.23. The Morgan fingerprint density at radius 3 is 2.55 bits per heavy atom. The minimum atomic E-state index is -0.0616. The van der Waals surface area contributed by atoms with Crippen molar-refractivity contribution in [1.82, 2.24) is 25.4 Å². The van der Waals surface area contributed by atoms with Crippen molar-refractivity contribution in [2.24, 2.45) is 0 Å². The summed E-state index contributed by atoms with van der Waals surface area (Å²) in [5.41, 5.74) is 1.78. The highest BCUT2D eigenvalue weighted by Crippen LogP contribution is 2.20. The van der Waals surface area contributed by atoms with Crippen LogP contribution in [0.1, 0.15) is 12.5 Å². The highest BCUT2D eigenvalue weighted by Gasteiger charge is 2.12. The quantitative estimate of drug-likeness (QED) is 0.789. The van der Waals surface area contributed by atoms with E-state index in [1.54, 1.807) is 18.5 Å². The van der Waals surface area contributed by atoms with Crippen LogP contribution in [-0.4, -0.2) is 26.0 Å². The van der Waals surface area contributed by atoms with Crippen LogP contribution in [0.15, 0.2) is 47.2 Å². The summed E-state index contributed by atoms with van der Waals surface area (Å²) in [5.74, 6) is 1.10. The summed E-state index contributed by atoms with van der Waals surface area (Å²) in [5, 5.41) is 6.62. The first-order valence-electron chi connectivity index (χ1n) is 6.67. The molecular weight excluding hydrogens is 282 g/mol. The molecule has 0 radical (unpaired) electrons. The summed E-state index contributed by atoms with van der Waals surface area (Å²) >= 11 is 0. The number of amides is 1. The fraction of sp³-hybridized carbons (Fsp3) is 0.133. The van der Waals surface area contributed by atoms with Crippen LogP contribution in [0.5, 0.6) is 0 Å². The van der Waals surface area contributed by atoms with Crippen LogP contribution in [0, 0.1) is 0 Å². The van der Waals surface area contributed by atoms with Gasteiger partial charge in [-0.25, -0.2) is 9.97 Å². The zero-order valence-electron chi connectivity index (χ0n) is 11.9. The van der Waals surface area contributed by atoms with Crippen LogP contribution >= 0.6 is 0 Å². The smallest absolute Gasteiger partial charge is 0.258 e. The molecule has 0 atom stereocenters. The van der Waals surface area contributed by atoms with Gasteiger partial charge in [-0.15, -0.1) is 0 Å². The second-order valence-electron chi connectivity index (χ2n) is 4.60. The monoisotopic (exact) mass is 295 g/mol. The summed E-state index contributed by atoms with van der Waals surface area (Å²) in [6, 6.07) is 9.24. The lowest BCUT2D eigenvalue weighted by atomic mass is 10.1. The summed E-state index contributed by atoms with van der Waals surface area (Å²) in [6.45, 7) is 1.97. The highest BCUT2D eigenvalue weighted by atomic mass is 16.5. The molecule has 0 saturated heterocycles. The Bertz CT molecular complexity index is 768. The zero-order chi connectivity index (χ0) is 15.4. The lowest BCUT2D eigenvalue weighted by molar-refractivity contribution is -0.119. The van der Waals surface area contributed by atoms with Gasteiger partial charge in [-0.1, -0.05) is 17.3 Å². The van der Waals surface area contributed by atoms with E-state index < -0.39 is 0 Å². The Hall–Kier alpha value is -3.09. The van der Waals surface area contributed by atoms with Crippen LogP contribution in [-0.2, 0) is 11.3 Å². The fourth-order valence-corrected chi connectivity index (χ4v) is 1.84. The predicted octanol–water partition coefficient (Wildman–Crippen LogP) is 1.83. The molecule has 0 unspecified atom stereocenters. The third-order valence-corrected chi connectivity index (χ3v) is 2.93. The van der Waals surface area contributed by atoms with E-state index in [-0.39, 0.29) is 5.91 Å². The van der Waals surface area contributed by atoms with E-state index in [9.17, 15) is 4.79 Å². The Kier molecular flexibility index (Phi) is 3.86. The van der Waals surface area contributed by atoms with Crippen LogP contribution in [0.4, 0.5) is 0 Å². The number of carbonyl (C=O) groups excluding carboxylic acids is 1. The molecule has 0 bridgehead atoms. The summed E-state index contributed by atoms with van der Waals surface area (Å²) in [4.78, 5) is 23.3. The minimum Gasteiger partial charge on any atom is -0.352 e. The molecular formula is C15H13N5O2. The van der Waals surface area contributed by atoms with Crippen molar-refractivity contribution >= 4 is 5.91 Å². The van der Waals surface area contributed by atoms with Gasteiger partial charge in [0.1, 0.15) is 0 Å². The van der Waals surface area contributed by atoms with E-state index in [4.69, 9.17) is 4.52 Å². The van der Waals surface area contributed by atoms with Gasteiger partial charge >= 0.3 is 0 Å². The van der Waals surface area contributed by atoms with E-state index >= 15 is 0 Å². The van der Waals surface area contributed by atoms with Gasteiger partial charge in [-0.3, -0.25) is 4.79 Å². The lowest BCUT2D eigenvalue weighted by Crippen LogP contribution is -2.18. The zero-order valence-corrected chi connectivity index (χ0v) is 11.9. The molecule has 110 valence electrons. The molecule has 1 N–H and O–H groups in total. The van der Waals surface area contributed by atoms with Gasteiger partial charge < -0.3 is 9.84 Å². The molecule has 3 rings (SSSR count). The number of hydrogen-bond donors (Lipinski definition) is 1. The third-order valence-electron chi connectivity index (χ3n) is 2.93. The first kappa shape index (κ1) is 13.9. The second-order valence-corrected chi connectivity index (χ2v) is 4.60. The third kappa shape index (κ3) is 3.14. The van der Waals surface area contributed by atoms with Gasteiger partial charge in [-0.05, 0) is 23.8 Å². The van der Waals surface area contributed by atoms with Gasteiger partial charge in [0.05, 0.1) is 0 Å². The molecule has 0 saturated carbocycles. The van der Waals surface area contributed by atoms with Crippen LogP contribution < -0.4 is 5.32 Å². The van der Waals surface area contributed by atoms with Crippen molar-refractivity contribution in [2.45, 2.75) is 13.5 Å². The van der Waals surface area contributed by atoms with Gasteiger partial charge in [0.2, 0.25) is 17.6 Å². The van der Waals surface area contributed by atoms with E-state index in [0.717, 1.165) is 11.1 Å². The number of aromatic nitrogens is 4. The summed E-state index contributed by atoms with van der Waals surface area (Å²) in [7, 11) is 0. The van der Waals surface area contributed by atoms with Crippen molar-refractivity contribution in [3.05, 3.63) is 48.3 Å². The molecule has 22 heavy (non-hydrogen) atoms. The van der Waals surface area contributed by atoms with Crippen LogP contribution in [0.2, 0.25) is 0 Å². The number of carbonyl (C=O) groups is 1. The van der Waals surface area contributed by atoms with Gasteiger partial charge in [0.15, 0.2) is 0 Å². The molecule has 1 amide bonds. The van der Waals surface area contributed by atoms with Gasteiger partial charge in [-0.2, -0.15) is 4.98 Å². The van der Waals surface area contributed by atoms with Gasteiger partial charge in [0, 0.05) is 31.4 Å².